The van der Waals surface area contributed by atoms with E-state index >= 15 is 0 Å². The fraction of sp³-hybridized carbons (Fsp3) is 0.333. The first-order valence-corrected chi connectivity index (χ1v) is 11.4. The van der Waals surface area contributed by atoms with E-state index in [1.807, 2.05) is 43.9 Å². The summed E-state index contributed by atoms with van der Waals surface area (Å²) in [6.07, 6.45) is 3.91. The van der Waals surface area contributed by atoms with Crippen LogP contribution in [0.25, 0.3) is 5.69 Å². The largest absolute Gasteiger partial charge is 0.372 e. The predicted molar refractivity (Wildman–Crippen MR) is 131 cm³/mol. The quantitative estimate of drug-likeness (QED) is 0.529. The monoisotopic (exact) mass is 426 g/mol. The first-order valence-electron chi connectivity index (χ1n) is 11.4. The van der Waals surface area contributed by atoms with Crippen LogP contribution >= 0.6 is 0 Å². The van der Waals surface area contributed by atoms with Gasteiger partial charge < -0.3 is 14.8 Å². The van der Waals surface area contributed by atoms with Crippen molar-refractivity contribution in [1.82, 2.24) is 9.47 Å². The van der Waals surface area contributed by atoms with Crippen molar-refractivity contribution in [3.63, 3.8) is 0 Å². The molecule has 2 aliphatic rings. The molecule has 5 heteroatoms. The molecular formula is C27H30N4O. The fourth-order valence-electron chi connectivity index (χ4n) is 5.07. The number of aryl methyl sites for hydroxylation is 2. The summed E-state index contributed by atoms with van der Waals surface area (Å²) in [7, 11) is 0. The van der Waals surface area contributed by atoms with E-state index in [4.69, 9.17) is 0 Å². The van der Waals surface area contributed by atoms with E-state index in [1.165, 1.54) is 22.6 Å². The first kappa shape index (κ1) is 20.6. The van der Waals surface area contributed by atoms with Crippen LogP contribution in [-0.2, 0) is 5.54 Å². The summed E-state index contributed by atoms with van der Waals surface area (Å²) in [5.41, 5.74) is 8.47. The van der Waals surface area contributed by atoms with Crippen molar-refractivity contribution < 1.29 is 4.79 Å². The van der Waals surface area contributed by atoms with Crippen LogP contribution in [0.15, 0.2) is 59.7 Å². The Hall–Kier alpha value is -3.34. The van der Waals surface area contributed by atoms with Crippen LogP contribution in [-0.4, -0.2) is 34.2 Å². The Morgan fingerprint density at radius 3 is 2.53 bits per heavy atom. The van der Waals surface area contributed by atoms with Crippen molar-refractivity contribution in [2.24, 2.45) is 4.99 Å². The molecule has 0 atom stereocenters. The maximum Gasteiger partial charge on any atom is 0.253 e. The third kappa shape index (κ3) is 3.42. The summed E-state index contributed by atoms with van der Waals surface area (Å²) >= 11 is 0. The van der Waals surface area contributed by atoms with Crippen molar-refractivity contribution in [3.05, 3.63) is 77.1 Å². The highest BCUT2D eigenvalue weighted by atomic mass is 16.2. The number of hydrogen-bond acceptors (Lipinski definition) is 3. The SMILES string of the molecule is CC(C)=Nc1ccc(C(=O)N2CCC3(CC2)Nc2cc(C)ccc2-n2cccc23)cc1C. The minimum absolute atomic E-state index is 0.106. The molecule has 1 spiro atoms. The van der Waals surface area contributed by atoms with Gasteiger partial charge in [0.15, 0.2) is 0 Å². The Balaban J connectivity index is 1.37. The minimum Gasteiger partial charge on any atom is -0.372 e. The van der Waals surface area contributed by atoms with E-state index in [-0.39, 0.29) is 11.4 Å². The van der Waals surface area contributed by atoms with E-state index in [0.717, 1.165) is 48.5 Å². The van der Waals surface area contributed by atoms with Crippen LogP contribution in [0.1, 0.15) is 53.9 Å². The van der Waals surface area contributed by atoms with Crippen LogP contribution in [0.5, 0.6) is 0 Å². The normalized spacial score (nSPS) is 16.2. The summed E-state index contributed by atoms with van der Waals surface area (Å²) in [5, 5.41) is 3.86. The van der Waals surface area contributed by atoms with Gasteiger partial charge in [-0.25, -0.2) is 0 Å². The van der Waals surface area contributed by atoms with Crippen molar-refractivity contribution in [3.8, 4) is 5.69 Å². The molecule has 164 valence electrons. The molecule has 3 aromatic rings. The second-order valence-electron chi connectivity index (χ2n) is 9.34. The van der Waals surface area contributed by atoms with E-state index in [9.17, 15) is 4.79 Å². The van der Waals surface area contributed by atoms with Crippen LogP contribution in [0.4, 0.5) is 11.4 Å². The van der Waals surface area contributed by atoms with Crippen molar-refractivity contribution >= 4 is 23.0 Å². The van der Waals surface area contributed by atoms with E-state index in [0.29, 0.717) is 0 Å². The number of likely N-dealkylation sites (tertiary alicyclic amines) is 1. The number of amides is 1. The fourth-order valence-corrected chi connectivity index (χ4v) is 5.07. The van der Waals surface area contributed by atoms with Crippen molar-refractivity contribution in [1.29, 1.82) is 0 Å². The van der Waals surface area contributed by atoms with Gasteiger partial charge in [-0.1, -0.05) is 6.07 Å². The molecule has 5 nitrogen and oxygen atoms in total. The van der Waals surface area contributed by atoms with E-state index in [1.54, 1.807) is 0 Å². The highest BCUT2D eigenvalue weighted by Gasteiger charge is 2.42. The number of fused-ring (bicyclic) bond motifs is 4. The average molecular weight is 427 g/mol. The van der Waals surface area contributed by atoms with Crippen LogP contribution in [0.3, 0.4) is 0 Å². The summed E-state index contributed by atoms with van der Waals surface area (Å²) in [6.45, 7) is 9.57. The molecule has 2 aromatic carbocycles. The number of carbonyl (C=O) groups is 1. The number of rotatable bonds is 2. The zero-order valence-electron chi connectivity index (χ0n) is 19.3. The molecule has 5 rings (SSSR count). The third-order valence-corrected chi connectivity index (χ3v) is 6.72. The van der Waals surface area contributed by atoms with Gasteiger partial charge in [0, 0.05) is 36.3 Å². The standard InChI is InChI=1S/C27H30N4O/c1-18(2)28-22-9-8-21(17-20(22)4)26(32)30-14-11-27(12-15-30)25-6-5-13-31(25)24-10-7-19(3)16-23(24)29-27/h5-10,13,16-17,29H,11-12,14-15H2,1-4H3. The minimum atomic E-state index is -0.145. The highest BCUT2D eigenvalue weighted by Crippen LogP contribution is 2.43. The molecule has 1 saturated heterocycles. The lowest BCUT2D eigenvalue weighted by Crippen LogP contribution is -2.51. The number of nitrogens with one attached hydrogen (secondary N) is 1. The lowest BCUT2D eigenvalue weighted by molar-refractivity contribution is 0.0676. The maximum atomic E-state index is 13.3. The summed E-state index contributed by atoms with van der Waals surface area (Å²) < 4.78 is 2.31. The lowest BCUT2D eigenvalue weighted by Gasteiger charge is -2.46. The van der Waals surface area contributed by atoms with Crippen LogP contribution in [0.2, 0.25) is 0 Å². The number of anilines is 1. The van der Waals surface area contributed by atoms with Gasteiger partial charge in [-0.3, -0.25) is 9.79 Å². The Labute approximate surface area is 189 Å². The predicted octanol–water partition coefficient (Wildman–Crippen LogP) is 5.76. The van der Waals surface area contributed by atoms with E-state index in [2.05, 4.69) is 58.3 Å². The van der Waals surface area contributed by atoms with Gasteiger partial charge in [-0.2, -0.15) is 0 Å². The topological polar surface area (TPSA) is 49.6 Å². The van der Waals surface area contributed by atoms with Gasteiger partial charge in [0.1, 0.15) is 0 Å². The molecular weight excluding hydrogens is 396 g/mol. The molecule has 0 unspecified atom stereocenters. The number of carbonyl (C=O) groups excluding carboxylic acids is 1. The molecule has 3 heterocycles. The summed E-state index contributed by atoms with van der Waals surface area (Å²) in [5.74, 6) is 0.106. The van der Waals surface area contributed by atoms with Gasteiger partial charge in [0.05, 0.1) is 22.6 Å². The third-order valence-electron chi connectivity index (χ3n) is 6.72. The van der Waals surface area contributed by atoms with Crippen molar-refractivity contribution in [2.75, 3.05) is 18.4 Å². The zero-order chi connectivity index (χ0) is 22.5. The first-order chi connectivity index (χ1) is 15.4. The molecule has 0 radical (unpaired) electrons. The maximum absolute atomic E-state index is 13.3. The Morgan fingerprint density at radius 2 is 1.81 bits per heavy atom. The summed E-state index contributed by atoms with van der Waals surface area (Å²) in [6, 6.07) is 16.7. The molecule has 0 saturated carbocycles. The second kappa shape index (κ2) is 7.66. The Kier molecular flexibility index (Phi) is 4.92. The number of piperidine rings is 1. The van der Waals surface area contributed by atoms with Crippen molar-refractivity contribution in [2.45, 2.75) is 46.1 Å². The number of aromatic nitrogens is 1. The Morgan fingerprint density at radius 1 is 1.03 bits per heavy atom. The molecule has 32 heavy (non-hydrogen) atoms. The summed E-state index contributed by atoms with van der Waals surface area (Å²) in [4.78, 5) is 19.8. The van der Waals surface area contributed by atoms with Gasteiger partial charge in [0.25, 0.3) is 5.91 Å². The zero-order valence-corrected chi connectivity index (χ0v) is 19.3. The molecule has 1 aromatic heterocycles. The number of hydrogen-bond donors (Lipinski definition) is 1. The Bertz CT molecular complexity index is 1220. The number of aliphatic imine (C=N–C) groups is 1. The number of nitrogens with zero attached hydrogens (tertiary/aromatic N) is 3. The van der Waals surface area contributed by atoms with E-state index < -0.39 is 0 Å². The van der Waals surface area contributed by atoms with Crippen LogP contribution in [0, 0.1) is 13.8 Å². The van der Waals surface area contributed by atoms with Gasteiger partial charge in [-0.05, 0) is 94.1 Å². The smallest absolute Gasteiger partial charge is 0.253 e. The molecule has 1 fully saturated rings. The van der Waals surface area contributed by atoms with Crippen LogP contribution < -0.4 is 5.32 Å². The average Bonchev–Trinajstić information content (AvgIpc) is 3.26. The number of benzene rings is 2. The van der Waals surface area contributed by atoms with Gasteiger partial charge in [-0.15, -0.1) is 0 Å². The molecule has 1 amide bonds. The molecule has 2 aliphatic heterocycles. The molecule has 0 aliphatic carbocycles. The second-order valence-corrected chi connectivity index (χ2v) is 9.34. The lowest BCUT2D eigenvalue weighted by atomic mass is 9.82. The highest BCUT2D eigenvalue weighted by molar-refractivity contribution is 5.95. The van der Waals surface area contributed by atoms with Gasteiger partial charge >= 0.3 is 0 Å². The molecule has 0 bridgehead atoms. The molecule has 1 N–H and O–H groups in total. The van der Waals surface area contributed by atoms with Gasteiger partial charge in [0.2, 0.25) is 0 Å².